The predicted molar refractivity (Wildman–Crippen MR) is 145 cm³/mol. The first-order valence-electron chi connectivity index (χ1n) is 12.9. The minimum Gasteiger partial charge on any atom is -0.480 e. The number of nitrogens with zero attached hydrogens (tertiary/aromatic N) is 3. The van der Waals surface area contributed by atoms with Crippen LogP contribution in [0.4, 0.5) is 0 Å². The lowest BCUT2D eigenvalue weighted by molar-refractivity contribution is -0.142. The first kappa shape index (κ1) is 31.7. The summed E-state index contributed by atoms with van der Waals surface area (Å²) in [7, 11) is 0. The number of guanidine groups is 1. The molecule has 5 unspecified atom stereocenters. The number of carbonyl (C=O) groups excluding carboxylic acids is 3. The number of carboxylic acids is 1. The molecular weight excluding hydrogens is 522 g/mol. The van der Waals surface area contributed by atoms with Crippen LogP contribution >= 0.6 is 0 Å². The molecule has 2 aromatic heterocycles. The average Bonchev–Trinajstić information content (AvgIpc) is 3.62. The van der Waals surface area contributed by atoms with E-state index in [1.165, 1.54) is 25.0 Å². The molecule has 2 rings (SSSR count). The highest BCUT2D eigenvalue weighted by Gasteiger charge is 2.31. The van der Waals surface area contributed by atoms with Crippen molar-refractivity contribution < 1.29 is 24.3 Å². The molecule has 0 aliphatic heterocycles. The van der Waals surface area contributed by atoms with Crippen LogP contribution in [-0.4, -0.2) is 85.4 Å². The summed E-state index contributed by atoms with van der Waals surface area (Å²) in [5, 5.41) is 17.4. The summed E-state index contributed by atoms with van der Waals surface area (Å²) in [5.74, 6) is -3.43. The zero-order valence-electron chi connectivity index (χ0n) is 22.6. The van der Waals surface area contributed by atoms with E-state index in [2.05, 4.69) is 40.9 Å². The highest BCUT2D eigenvalue weighted by Crippen LogP contribution is 2.08. The lowest BCUT2D eigenvalue weighted by atomic mass is 9.98. The Morgan fingerprint density at radius 1 is 0.925 bits per heavy atom. The van der Waals surface area contributed by atoms with Crippen LogP contribution in [0.25, 0.3) is 0 Å². The Morgan fingerprint density at radius 2 is 1.43 bits per heavy atom. The molecule has 5 atom stereocenters. The number of H-pyrrole nitrogens is 2. The average molecular weight is 562 g/mol. The second kappa shape index (κ2) is 15.8. The molecular formula is C24H39N11O5. The van der Waals surface area contributed by atoms with Gasteiger partial charge in [0.1, 0.15) is 18.1 Å². The second-order valence-electron chi connectivity index (χ2n) is 9.44. The van der Waals surface area contributed by atoms with E-state index in [0.29, 0.717) is 24.2 Å². The number of hydrogen-bond donors (Lipinski definition) is 9. The number of nitrogens with two attached hydrogens (primary N) is 3. The summed E-state index contributed by atoms with van der Waals surface area (Å²) in [6.07, 6.45) is 6.87. The largest absolute Gasteiger partial charge is 0.480 e. The zero-order chi connectivity index (χ0) is 29.7. The molecule has 2 heterocycles. The quantitative estimate of drug-likeness (QED) is 0.0575. The standard InChI is InChI=1S/C24H39N11O5/c1-3-13(2)19(25)22(38)35-18(8-15-10-29-12-32-15)21(37)34-17(7-14-9-28-11-31-14)20(36)33-16(23(39)40)5-4-6-30-24(26)27/h9-13,16-19H,3-8,25H2,1-2H3,(H,28,31)(H,29,32)(H,33,36)(H,34,37)(H,35,38)(H,39,40)(H4,26,27,30). The molecule has 0 saturated carbocycles. The summed E-state index contributed by atoms with van der Waals surface area (Å²) in [6.45, 7) is 3.91. The maximum atomic E-state index is 13.4. The molecule has 0 aliphatic rings. The first-order chi connectivity index (χ1) is 19.0. The summed E-state index contributed by atoms with van der Waals surface area (Å²) in [6, 6.07) is -4.40. The monoisotopic (exact) mass is 561 g/mol. The molecule has 0 fully saturated rings. The number of aliphatic imine (C=N–C) groups is 1. The summed E-state index contributed by atoms with van der Waals surface area (Å²) < 4.78 is 0. The molecule has 0 bridgehead atoms. The molecule has 0 spiro atoms. The fourth-order valence-electron chi connectivity index (χ4n) is 3.74. The molecule has 16 nitrogen and oxygen atoms in total. The minimum atomic E-state index is -1.26. The first-order valence-corrected chi connectivity index (χ1v) is 12.9. The molecule has 0 radical (unpaired) electrons. The summed E-state index contributed by atoms with van der Waals surface area (Å²) in [4.78, 5) is 68.7. The normalized spacial score (nSPS) is 14.7. The van der Waals surface area contributed by atoms with Crippen molar-refractivity contribution in [1.82, 2.24) is 35.9 Å². The van der Waals surface area contributed by atoms with Crippen molar-refractivity contribution in [2.45, 2.75) is 70.1 Å². The van der Waals surface area contributed by atoms with Gasteiger partial charge in [0.25, 0.3) is 0 Å². The van der Waals surface area contributed by atoms with Crippen molar-refractivity contribution >= 4 is 29.7 Å². The van der Waals surface area contributed by atoms with Crippen LogP contribution in [0.2, 0.25) is 0 Å². The topological polar surface area (TPSA) is 272 Å². The number of aromatic nitrogens is 4. The summed E-state index contributed by atoms with van der Waals surface area (Å²) in [5.41, 5.74) is 17.7. The Labute approximate surface area is 231 Å². The van der Waals surface area contributed by atoms with Gasteiger partial charge in [-0.05, 0) is 18.8 Å². The van der Waals surface area contributed by atoms with Crippen molar-refractivity contribution in [3.8, 4) is 0 Å². The lowest BCUT2D eigenvalue weighted by Crippen LogP contribution is -2.58. The van der Waals surface area contributed by atoms with Gasteiger partial charge in [-0.25, -0.2) is 14.8 Å². The van der Waals surface area contributed by atoms with Gasteiger partial charge in [-0.1, -0.05) is 20.3 Å². The van der Waals surface area contributed by atoms with Gasteiger partial charge in [0, 0.05) is 43.2 Å². The number of rotatable bonds is 17. The van der Waals surface area contributed by atoms with Crippen LogP contribution < -0.4 is 33.2 Å². The third-order valence-corrected chi connectivity index (χ3v) is 6.34. The van der Waals surface area contributed by atoms with Crippen molar-refractivity contribution in [2.24, 2.45) is 28.1 Å². The Bertz CT molecular complexity index is 1120. The van der Waals surface area contributed by atoms with Gasteiger partial charge in [0.05, 0.1) is 18.7 Å². The van der Waals surface area contributed by atoms with Gasteiger partial charge in [-0.3, -0.25) is 19.4 Å². The Balaban J connectivity index is 2.21. The van der Waals surface area contributed by atoms with Gasteiger partial charge in [0.2, 0.25) is 17.7 Å². The van der Waals surface area contributed by atoms with Gasteiger partial charge in [-0.2, -0.15) is 0 Å². The van der Waals surface area contributed by atoms with Crippen LogP contribution in [0.15, 0.2) is 30.0 Å². The third kappa shape index (κ3) is 10.4. The number of nitrogens with one attached hydrogen (secondary N) is 5. The van der Waals surface area contributed by atoms with E-state index in [1.54, 1.807) is 0 Å². The third-order valence-electron chi connectivity index (χ3n) is 6.34. The summed E-state index contributed by atoms with van der Waals surface area (Å²) >= 11 is 0. The van der Waals surface area contributed by atoms with E-state index < -0.39 is 47.9 Å². The van der Waals surface area contributed by atoms with Gasteiger partial charge >= 0.3 is 5.97 Å². The van der Waals surface area contributed by atoms with Gasteiger partial charge in [0.15, 0.2) is 5.96 Å². The van der Waals surface area contributed by atoms with Crippen molar-refractivity contribution in [2.75, 3.05) is 6.54 Å². The second-order valence-corrected chi connectivity index (χ2v) is 9.44. The SMILES string of the molecule is CCC(C)C(N)C(=O)NC(Cc1cnc[nH]1)C(=O)NC(Cc1cnc[nH]1)C(=O)NC(CCCN=C(N)N)C(=O)O. The molecule has 12 N–H and O–H groups in total. The molecule has 2 aromatic rings. The maximum absolute atomic E-state index is 13.4. The number of imidazole rings is 2. The Hall–Kier alpha value is -4.47. The van der Waals surface area contributed by atoms with E-state index in [1.807, 2.05) is 13.8 Å². The van der Waals surface area contributed by atoms with Gasteiger partial charge in [-0.15, -0.1) is 0 Å². The zero-order valence-corrected chi connectivity index (χ0v) is 22.6. The molecule has 40 heavy (non-hydrogen) atoms. The van der Waals surface area contributed by atoms with Crippen LogP contribution in [0.1, 0.15) is 44.5 Å². The molecule has 0 aliphatic carbocycles. The molecule has 3 amide bonds. The lowest BCUT2D eigenvalue weighted by Gasteiger charge is -2.26. The number of aliphatic carboxylic acids is 1. The highest BCUT2D eigenvalue weighted by atomic mass is 16.4. The van der Waals surface area contributed by atoms with E-state index in [-0.39, 0.29) is 37.7 Å². The number of carbonyl (C=O) groups is 4. The Kier molecular flexibility index (Phi) is 12.6. The molecule has 0 saturated heterocycles. The highest BCUT2D eigenvalue weighted by molar-refractivity contribution is 5.94. The molecule has 0 aromatic carbocycles. The van der Waals surface area contributed by atoms with Crippen molar-refractivity contribution in [3.63, 3.8) is 0 Å². The predicted octanol–water partition coefficient (Wildman–Crippen LogP) is -2.12. The molecule has 220 valence electrons. The fraction of sp³-hybridized carbons (Fsp3) is 0.542. The molecule has 16 heteroatoms. The van der Waals surface area contributed by atoms with Gasteiger partial charge < -0.3 is 48.2 Å². The van der Waals surface area contributed by atoms with Crippen LogP contribution in [0, 0.1) is 5.92 Å². The van der Waals surface area contributed by atoms with Crippen LogP contribution in [0.5, 0.6) is 0 Å². The van der Waals surface area contributed by atoms with Crippen LogP contribution in [-0.2, 0) is 32.0 Å². The minimum absolute atomic E-state index is 0.0188. The fourth-order valence-corrected chi connectivity index (χ4v) is 3.74. The Morgan fingerprint density at radius 3 is 1.85 bits per heavy atom. The van der Waals surface area contributed by atoms with Crippen molar-refractivity contribution in [3.05, 3.63) is 36.4 Å². The number of carboxylic acid groups (broad SMARTS) is 1. The van der Waals surface area contributed by atoms with Crippen molar-refractivity contribution in [1.29, 1.82) is 0 Å². The van der Waals surface area contributed by atoms with E-state index in [4.69, 9.17) is 17.2 Å². The maximum Gasteiger partial charge on any atom is 0.326 e. The van der Waals surface area contributed by atoms with Crippen LogP contribution in [0.3, 0.4) is 0 Å². The van der Waals surface area contributed by atoms with E-state index in [9.17, 15) is 24.3 Å². The number of hydrogen-bond acceptors (Lipinski definition) is 8. The number of aromatic amines is 2. The van der Waals surface area contributed by atoms with E-state index >= 15 is 0 Å². The smallest absolute Gasteiger partial charge is 0.326 e. The van der Waals surface area contributed by atoms with E-state index in [0.717, 1.165) is 0 Å². The number of amides is 3.